The fourth-order valence-electron chi connectivity index (χ4n) is 4.05. The Morgan fingerprint density at radius 1 is 1.23 bits per heavy atom. The summed E-state index contributed by atoms with van der Waals surface area (Å²) in [5.74, 6) is 2.43. The highest BCUT2D eigenvalue weighted by molar-refractivity contribution is 14.0. The van der Waals surface area contributed by atoms with Crippen LogP contribution in [0.5, 0.6) is 0 Å². The van der Waals surface area contributed by atoms with Gasteiger partial charge in [0.05, 0.1) is 17.6 Å². The van der Waals surface area contributed by atoms with Gasteiger partial charge in [0.25, 0.3) is 0 Å². The lowest BCUT2D eigenvalue weighted by atomic mass is 10.0. The zero-order valence-electron chi connectivity index (χ0n) is 15.9. The Bertz CT molecular complexity index is 564. The molecule has 3 aliphatic rings. The molecule has 3 saturated heterocycles. The van der Waals surface area contributed by atoms with Gasteiger partial charge >= 0.3 is 0 Å². The van der Waals surface area contributed by atoms with E-state index in [0.717, 1.165) is 51.5 Å². The Morgan fingerprint density at radius 2 is 2.08 bits per heavy atom. The number of rotatable bonds is 4. The molecule has 3 atom stereocenters. The van der Waals surface area contributed by atoms with Crippen molar-refractivity contribution >= 4 is 39.8 Å². The Balaban J connectivity index is 0.00000243. The molecule has 0 aromatic heterocycles. The quantitative estimate of drug-likeness (QED) is 0.365. The van der Waals surface area contributed by atoms with Crippen molar-refractivity contribution in [3.63, 3.8) is 0 Å². The van der Waals surface area contributed by atoms with Gasteiger partial charge in [-0.05, 0) is 50.4 Å². The molecule has 6 nitrogen and oxygen atoms in total. The third-order valence-electron chi connectivity index (χ3n) is 5.54. The molecule has 26 heavy (non-hydrogen) atoms. The van der Waals surface area contributed by atoms with Crippen molar-refractivity contribution in [2.24, 2.45) is 16.8 Å². The average Bonchev–Trinajstić information content (AvgIpc) is 2.95. The zero-order valence-corrected chi connectivity index (χ0v) is 19.0. The summed E-state index contributed by atoms with van der Waals surface area (Å²) in [6.07, 6.45) is 7.00. The average molecular weight is 499 g/mol. The summed E-state index contributed by atoms with van der Waals surface area (Å²) in [6, 6.07) is 0. The van der Waals surface area contributed by atoms with E-state index < -0.39 is 9.84 Å². The number of ether oxygens (including phenoxy) is 1. The molecule has 3 fully saturated rings. The van der Waals surface area contributed by atoms with Gasteiger partial charge in [0.2, 0.25) is 0 Å². The minimum Gasteiger partial charge on any atom is -0.376 e. The Labute approximate surface area is 175 Å². The smallest absolute Gasteiger partial charge is 0.194 e. The number of hydrogen-bond acceptors (Lipinski definition) is 4. The summed E-state index contributed by atoms with van der Waals surface area (Å²) in [7, 11) is -2.83. The number of piperidine rings is 1. The molecule has 0 aromatic carbocycles. The molecule has 0 spiro atoms. The Hall–Kier alpha value is -0.0900. The van der Waals surface area contributed by atoms with Crippen molar-refractivity contribution in [2.75, 3.05) is 44.3 Å². The lowest BCUT2D eigenvalue weighted by molar-refractivity contribution is 0.0190. The van der Waals surface area contributed by atoms with E-state index >= 15 is 0 Å². The Kier molecular flexibility index (Phi) is 8.93. The predicted octanol–water partition coefficient (Wildman–Crippen LogP) is 2.29. The molecular weight excluding hydrogens is 465 g/mol. The highest BCUT2D eigenvalue weighted by atomic mass is 127. The third-order valence-corrected chi connectivity index (χ3v) is 7.38. The second-order valence-electron chi connectivity index (χ2n) is 8.00. The van der Waals surface area contributed by atoms with Gasteiger partial charge in [-0.15, -0.1) is 24.0 Å². The molecule has 0 aliphatic carbocycles. The highest BCUT2D eigenvalue weighted by Gasteiger charge is 2.28. The van der Waals surface area contributed by atoms with E-state index in [1.165, 1.54) is 19.3 Å². The molecule has 152 valence electrons. The lowest BCUT2D eigenvalue weighted by Crippen LogP contribution is -2.48. The number of aliphatic imine (C=N–C) groups is 1. The number of sulfone groups is 1. The summed E-state index contributed by atoms with van der Waals surface area (Å²) >= 11 is 0. The molecule has 0 saturated carbocycles. The van der Waals surface area contributed by atoms with Gasteiger partial charge in [-0.2, -0.15) is 0 Å². The van der Waals surface area contributed by atoms with Crippen LogP contribution >= 0.6 is 24.0 Å². The molecular formula is C18H34IN3O3S. The first-order chi connectivity index (χ1) is 12.0. The monoisotopic (exact) mass is 499 g/mol. The standard InChI is InChI=1S/C18H33N3O3S.HI/c1-15-5-4-8-21(13-15)18(20-12-17-6-2-3-9-24-17)19-11-16-7-10-25(22,23)14-16;/h15-17H,2-14H2,1H3,(H,19,20);1H. The molecule has 3 aliphatic heterocycles. The molecule has 3 rings (SSSR count). The first-order valence-electron chi connectivity index (χ1n) is 9.87. The fraction of sp³-hybridized carbons (Fsp3) is 0.944. The van der Waals surface area contributed by atoms with Crippen molar-refractivity contribution in [1.29, 1.82) is 0 Å². The van der Waals surface area contributed by atoms with E-state index in [9.17, 15) is 8.42 Å². The van der Waals surface area contributed by atoms with Crippen molar-refractivity contribution in [3.8, 4) is 0 Å². The molecule has 0 aromatic rings. The van der Waals surface area contributed by atoms with Crippen LogP contribution in [0.15, 0.2) is 4.99 Å². The van der Waals surface area contributed by atoms with E-state index in [1.54, 1.807) is 0 Å². The minimum atomic E-state index is -2.83. The van der Waals surface area contributed by atoms with Crippen LogP contribution in [0, 0.1) is 11.8 Å². The molecule has 0 amide bonds. The van der Waals surface area contributed by atoms with Gasteiger partial charge in [0.1, 0.15) is 0 Å². The summed E-state index contributed by atoms with van der Waals surface area (Å²) in [4.78, 5) is 7.17. The number of nitrogens with zero attached hydrogens (tertiary/aromatic N) is 2. The van der Waals surface area contributed by atoms with Crippen molar-refractivity contribution in [2.45, 2.75) is 51.6 Å². The zero-order chi connectivity index (χ0) is 17.7. The maximum absolute atomic E-state index is 11.7. The summed E-state index contributed by atoms with van der Waals surface area (Å²) in [5.41, 5.74) is 0. The third kappa shape index (κ3) is 6.82. The van der Waals surface area contributed by atoms with Crippen LogP contribution in [0.25, 0.3) is 0 Å². The molecule has 3 heterocycles. The van der Waals surface area contributed by atoms with Crippen LogP contribution in [0.4, 0.5) is 0 Å². The summed E-state index contributed by atoms with van der Waals surface area (Å²) < 4.78 is 29.2. The second kappa shape index (κ2) is 10.5. The fourth-order valence-corrected chi connectivity index (χ4v) is 5.90. The normalized spacial score (nSPS) is 32.1. The van der Waals surface area contributed by atoms with E-state index in [0.29, 0.717) is 24.0 Å². The Morgan fingerprint density at radius 3 is 2.73 bits per heavy atom. The summed E-state index contributed by atoms with van der Waals surface area (Å²) in [5, 5.41) is 3.53. The van der Waals surface area contributed by atoms with Gasteiger partial charge < -0.3 is 15.0 Å². The topological polar surface area (TPSA) is 71.0 Å². The van der Waals surface area contributed by atoms with Gasteiger partial charge in [-0.25, -0.2) is 8.42 Å². The van der Waals surface area contributed by atoms with Gasteiger partial charge in [-0.3, -0.25) is 4.99 Å². The first-order valence-corrected chi connectivity index (χ1v) is 11.7. The lowest BCUT2D eigenvalue weighted by Gasteiger charge is -2.34. The largest absolute Gasteiger partial charge is 0.376 e. The van der Waals surface area contributed by atoms with Crippen molar-refractivity contribution < 1.29 is 13.2 Å². The number of guanidine groups is 1. The van der Waals surface area contributed by atoms with E-state index in [4.69, 9.17) is 9.73 Å². The van der Waals surface area contributed by atoms with Crippen LogP contribution in [0.2, 0.25) is 0 Å². The maximum atomic E-state index is 11.7. The van der Waals surface area contributed by atoms with Gasteiger partial charge in [0.15, 0.2) is 15.8 Å². The maximum Gasteiger partial charge on any atom is 0.194 e. The molecule has 3 unspecified atom stereocenters. The second-order valence-corrected chi connectivity index (χ2v) is 10.2. The van der Waals surface area contributed by atoms with E-state index in [-0.39, 0.29) is 36.0 Å². The van der Waals surface area contributed by atoms with Gasteiger partial charge in [-0.1, -0.05) is 6.92 Å². The molecule has 8 heteroatoms. The van der Waals surface area contributed by atoms with E-state index in [2.05, 4.69) is 17.1 Å². The first kappa shape index (κ1) is 22.2. The molecule has 1 N–H and O–H groups in total. The van der Waals surface area contributed by atoms with Crippen LogP contribution in [-0.4, -0.2) is 69.7 Å². The SMILES string of the molecule is CC1CCCN(C(=NCC2CCS(=O)(=O)C2)NCC2CCCCO2)C1.I. The minimum absolute atomic E-state index is 0. The van der Waals surface area contributed by atoms with Crippen LogP contribution in [-0.2, 0) is 14.6 Å². The molecule has 0 bridgehead atoms. The summed E-state index contributed by atoms with van der Waals surface area (Å²) in [6.45, 7) is 6.62. The molecule has 0 radical (unpaired) electrons. The predicted molar refractivity (Wildman–Crippen MR) is 116 cm³/mol. The van der Waals surface area contributed by atoms with Gasteiger partial charge in [0, 0.05) is 32.8 Å². The van der Waals surface area contributed by atoms with E-state index in [1.807, 2.05) is 0 Å². The van der Waals surface area contributed by atoms with Crippen LogP contribution < -0.4 is 5.32 Å². The van der Waals surface area contributed by atoms with Crippen molar-refractivity contribution in [1.82, 2.24) is 10.2 Å². The number of hydrogen-bond donors (Lipinski definition) is 1. The highest BCUT2D eigenvalue weighted by Crippen LogP contribution is 2.20. The van der Waals surface area contributed by atoms with Crippen LogP contribution in [0.3, 0.4) is 0 Å². The van der Waals surface area contributed by atoms with Crippen LogP contribution in [0.1, 0.15) is 45.4 Å². The number of nitrogens with one attached hydrogen (secondary N) is 1. The van der Waals surface area contributed by atoms with Crippen molar-refractivity contribution in [3.05, 3.63) is 0 Å². The number of likely N-dealkylation sites (tertiary alicyclic amines) is 1. The number of halogens is 1.